The molecule has 154 valence electrons. The van der Waals surface area contributed by atoms with Gasteiger partial charge in [-0.15, -0.1) is 0 Å². The second-order valence-corrected chi connectivity index (χ2v) is 7.24. The van der Waals surface area contributed by atoms with E-state index in [2.05, 4.69) is 4.98 Å². The molecule has 1 aliphatic rings. The predicted octanol–water partition coefficient (Wildman–Crippen LogP) is 5.33. The van der Waals surface area contributed by atoms with Crippen molar-refractivity contribution in [2.24, 2.45) is 0 Å². The monoisotopic (exact) mass is 430 g/mol. The zero-order valence-electron chi connectivity index (χ0n) is 14.5. The molecular formula is C17H14ClF7N2O. The molecule has 1 aliphatic heterocycles. The van der Waals surface area contributed by atoms with E-state index in [1.807, 2.05) is 0 Å². The number of nitrogens with zero attached hydrogens (tertiary/aromatic N) is 1. The Kier molecular flexibility index (Phi) is 4.64. The summed E-state index contributed by atoms with van der Waals surface area (Å²) in [6.07, 6.45) is -6.39. The lowest BCUT2D eigenvalue weighted by Crippen LogP contribution is -2.57. The quantitative estimate of drug-likeness (QED) is 0.668. The Bertz CT molecular complexity index is 986. The normalized spacial score (nSPS) is 20.7. The topological polar surface area (TPSA) is 36.1 Å². The highest BCUT2D eigenvalue weighted by atomic mass is 35.5. The molecule has 1 aromatic heterocycles. The van der Waals surface area contributed by atoms with E-state index in [0.717, 1.165) is 11.0 Å². The van der Waals surface area contributed by atoms with E-state index in [9.17, 15) is 35.5 Å². The van der Waals surface area contributed by atoms with E-state index in [4.69, 9.17) is 11.6 Å². The summed E-state index contributed by atoms with van der Waals surface area (Å²) in [4.78, 5) is 14.9. The number of pyridine rings is 1. The van der Waals surface area contributed by atoms with Crippen molar-refractivity contribution in [3.8, 4) is 0 Å². The van der Waals surface area contributed by atoms with E-state index >= 15 is 0 Å². The third-order valence-electron chi connectivity index (χ3n) is 5.14. The Hall–Kier alpha value is -1.97. The van der Waals surface area contributed by atoms with Gasteiger partial charge in [-0.1, -0.05) is 18.5 Å². The molecule has 28 heavy (non-hydrogen) atoms. The first-order valence-electron chi connectivity index (χ1n) is 8.13. The predicted molar refractivity (Wildman–Crippen MR) is 90.8 cm³/mol. The van der Waals surface area contributed by atoms with Crippen molar-refractivity contribution < 1.29 is 30.7 Å². The molecule has 0 saturated carbocycles. The van der Waals surface area contributed by atoms with E-state index in [1.165, 1.54) is 19.1 Å². The van der Waals surface area contributed by atoms with Gasteiger partial charge in [0.1, 0.15) is 0 Å². The Morgan fingerprint density at radius 2 is 1.71 bits per heavy atom. The highest BCUT2D eigenvalue weighted by molar-refractivity contribution is 6.35. The van der Waals surface area contributed by atoms with E-state index in [1.54, 1.807) is 6.92 Å². The summed E-state index contributed by atoms with van der Waals surface area (Å²) < 4.78 is 92.1. The zero-order valence-corrected chi connectivity index (χ0v) is 15.2. The van der Waals surface area contributed by atoms with Crippen LogP contribution >= 0.6 is 11.6 Å². The molecule has 3 nitrogen and oxygen atoms in total. The van der Waals surface area contributed by atoms with Crippen molar-refractivity contribution in [1.82, 2.24) is 4.98 Å². The van der Waals surface area contributed by atoms with Crippen LogP contribution in [0, 0.1) is 0 Å². The Labute approximate surface area is 159 Å². The zero-order chi connectivity index (χ0) is 21.2. The van der Waals surface area contributed by atoms with Gasteiger partial charge in [0.15, 0.2) is 0 Å². The first kappa shape index (κ1) is 20.8. The number of hydrogen-bond donors (Lipinski definition) is 1. The molecule has 2 aromatic rings. The summed E-state index contributed by atoms with van der Waals surface area (Å²) in [7, 11) is 0. The van der Waals surface area contributed by atoms with E-state index < -0.39 is 42.1 Å². The second-order valence-electron chi connectivity index (χ2n) is 6.84. The van der Waals surface area contributed by atoms with Gasteiger partial charge in [0.05, 0.1) is 17.1 Å². The second kappa shape index (κ2) is 6.27. The molecule has 2 heterocycles. The number of alkyl halides is 7. The number of fused-ring (bicyclic) bond motifs is 3. The summed E-state index contributed by atoms with van der Waals surface area (Å²) in [5.41, 5.74) is 0.283. The smallest absolute Gasteiger partial charge is 0.362 e. The molecule has 0 radical (unpaired) electrons. The molecule has 0 spiro atoms. The van der Waals surface area contributed by atoms with Crippen LogP contribution in [0.15, 0.2) is 23.0 Å². The molecule has 1 N–H and O–H groups in total. The van der Waals surface area contributed by atoms with E-state index in [0.29, 0.717) is 16.5 Å². The van der Waals surface area contributed by atoms with Crippen LogP contribution in [0.25, 0.3) is 10.9 Å². The molecule has 0 fully saturated rings. The Balaban J connectivity index is 2.12. The van der Waals surface area contributed by atoms with Crippen molar-refractivity contribution in [3.63, 3.8) is 0 Å². The number of halogens is 8. The maximum Gasteiger partial charge on any atom is 0.459 e. The Morgan fingerprint density at radius 1 is 1.11 bits per heavy atom. The van der Waals surface area contributed by atoms with Gasteiger partial charge < -0.3 is 9.88 Å². The molecule has 0 saturated heterocycles. The maximum absolute atomic E-state index is 14.0. The standard InChI is InChI=1S/C17H14ClF7N2O/c1-7-8(2)27(6-15(19,20)16(21,22)17(23,24)25)11-4-3-10-14(13(7)11)9(18)5-12(28)26-10/h3-5,7-8H,6H2,1-2H3,(H,26,28). The summed E-state index contributed by atoms with van der Waals surface area (Å²) in [6, 6.07) is 2.92. The molecular weight excluding hydrogens is 417 g/mol. The highest BCUT2D eigenvalue weighted by Crippen LogP contribution is 2.51. The van der Waals surface area contributed by atoms with Gasteiger partial charge in [-0.3, -0.25) is 4.79 Å². The van der Waals surface area contributed by atoms with Crippen LogP contribution in [0.3, 0.4) is 0 Å². The largest absolute Gasteiger partial charge is 0.459 e. The minimum absolute atomic E-state index is 0.0314. The van der Waals surface area contributed by atoms with Crippen LogP contribution in [0.4, 0.5) is 36.4 Å². The maximum atomic E-state index is 14.0. The van der Waals surface area contributed by atoms with E-state index in [-0.39, 0.29) is 10.7 Å². The van der Waals surface area contributed by atoms with Gasteiger partial charge in [-0.05, 0) is 24.6 Å². The third kappa shape index (κ3) is 2.92. The van der Waals surface area contributed by atoms with Gasteiger partial charge in [0.25, 0.3) is 0 Å². The van der Waals surface area contributed by atoms with Gasteiger partial charge in [0.2, 0.25) is 5.56 Å². The summed E-state index contributed by atoms with van der Waals surface area (Å²) in [6.45, 7) is 1.23. The molecule has 3 rings (SSSR count). The molecule has 2 atom stereocenters. The number of aromatic amines is 1. The highest BCUT2D eigenvalue weighted by Gasteiger charge is 2.73. The van der Waals surface area contributed by atoms with Gasteiger partial charge in [-0.2, -0.15) is 30.7 Å². The van der Waals surface area contributed by atoms with Crippen molar-refractivity contribution in [1.29, 1.82) is 0 Å². The first-order chi connectivity index (χ1) is 12.7. The number of rotatable bonds is 3. The molecule has 1 aromatic carbocycles. The van der Waals surface area contributed by atoms with Crippen LogP contribution in [0.1, 0.15) is 25.3 Å². The fourth-order valence-electron chi connectivity index (χ4n) is 3.52. The minimum atomic E-state index is -6.39. The van der Waals surface area contributed by atoms with Crippen LogP contribution < -0.4 is 10.5 Å². The first-order valence-corrected chi connectivity index (χ1v) is 8.51. The van der Waals surface area contributed by atoms with Crippen LogP contribution in [-0.4, -0.2) is 35.6 Å². The molecule has 11 heteroatoms. The lowest BCUT2D eigenvalue weighted by Gasteiger charge is -2.34. The van der Waals surface area contributed by atoms with Crippen molar-refractivity contribution in [3.05, 3.63) is 39.1 Å². The van der Waals surface area contributed by atoms with Crippen LogP contribution in [0.2, 0.25) is 5.02 Å². The summed E-state index contributed by atoms with van der Waals surface area (Å²) in [5, 5.41) is 0.371. The number of nitrogens with one attached hydrogen (secondary N) is 1. The number of hydrogen-bond acceptors (Lipinski definition) is 2. The number of aromatic nitrogens is 1. The lowest BCUT2D eigenvalue weighted by atomic mass is 9.94. The fraction of sp³-hybridized carbons (Fsp3) is 0.471. The minimum Gasteiger partial charge on any atom is -0.362 e. The average molecular weight is 431 g/mol. The van der Waals surface area contributed by atoms with Crippen molar-refractivity contribution in [2.45, 2.75) is 43.8 Å². The lowest BCUT2D eigenvalue weighted by molar-refractivity contribution is -0.351. The van der Waals surface area contributed by atoms with Gasteiger partial charge in [-0.25, -0.2) is 0 Å². The third-order valence-corrected chi connectivity index (χ3v) is 5.44. The Morgan fingerprint density at radius 3 is 2.29 bits per heavy atom. The number of benzene rings is 1. The van der Waals surface area contributed by atoms with Gasteiger partial charge in [0, 0.05) is 29.1 Å². The fourth-order valence-corrected chi connectivity index (χ4v) is 3.82. The van der Waals surface area contributed by atoms with Gasteiger partial charge >= 0.3 is 18.0 Å². The van der Waals surface area contributed by atoms with Crippen LogP contribution in [0.5, 0.6) is 0 Å². The SMILES string of the molecule is CC1c2c(ccc3[nH]c(=O)cc(Cl)c23)N(CC(F)(F)C(F)(F)C(F)(F)F)C1C. The average Bonchev–Trinajstić information content (AvgIpc) is 2.78. The molecule has 2 unspecified atom stereocenters. The van der Waals surface area contributed by atoms with Crippen molar-refractivity contribution >= 4 is 28.2 Å². The molecule has 0 aliphatic carbocycles. The summed E-state index contributed by atoms with van der Waals surface area (Å²) in [5.74, 6) is -12.1. The summed E-state index contributed by atoms with van der Waals surface area (Å²) >= 11 is 6.12. The number of anilines is 1. The van der Waals surface area contributed by atoms with Crippen LogP contribution in [-0.2, 0) is 0 Å². The molecule has 0 amide bonds. The number of H-pyrrole nitrogens is 1. The molecule has 0 bridgehead atoms. The van der Waals surface area contributed by atoms with Crippen molar-refractivity contribution in [2.75, 3.05) is 11.4 Å².